The van der Waals surface area contributed by atoms with Gasteiger partial charge in [-0.15, -0.1) is 0 Å². The molecule has 1 aromatic rings. The fourth-order valence-electron chi connectivity index (χ4n) is 2.09. The Morgan fingerprint density at radius 3 is 2.84 bits per heavy atom. The van der Waals surface area contributed by atoms with E-state index in [9.17, 15) is 14.7 Å². The van der Waals surface area contributed by atoms with Gasteiger partial charge in [-0.05, 0) is 30.2 Å². The molecule has 1 aliphatic rings. The Hall–Kier alpha value is -2.06. The van der Waals surface area contributed by atoms with Gasteiger partial charge in [-0.1, -0.05) is 43.4 Å². The third-order valence-corrected chi connectivity index (χ3v) is 4.80. The minimum absolute atomic E-state index is 0.0220. The number of phenols is 1. The van der Waals surface area contributed by atoms with Crippen LogP contribution in [0.2, 0.25) is 0 Å². The summed E-state index contributed by atoms with van der Waals surface area (Å²) < 4.78 is 10.4. The van der Waals surface area contributed by atoms with E-state index >= 15 is 0 Å². The molecule has 1 amide bonds. The summed E-state index contributed by atoms with van der Waals surface area (Å²) in [6, 6.07) is 4.81. The van der Waals surface area contributed by atoms with Crippen LogP contribution in [0, 0.1) is 0 Å². The molecule has 8 heteroatoms. The summed E-state index contributed by atoms with van der Waals surface area (Å²) in [5.41, 5.74) is 0.629. The van der Waals surface area contributed by atoms with Gasteiger partial charge in [-0.2, -0.15) is 0 Å². The van der Waals surface area contributed by atoms with Crippen LogP contribution in [0.25, 0.3) is 6.08 Å². The number of esters is 1. The molecule has 6 nitrogen and oxygen atoms in total. The van der Waals surface area contributed by atoms with E-state index in [1.807, 2.05) is 6.92 Å². The van der Waals surface area contributed by atoms with Crippen LogP contribution in [0.1, 0.15) is 25.3 Å². The average molecular weight is 381 g/mol. The van der Waals surface area contributed by atoms with Crippen LogP contribution < -0.4 is 4.74 Å². The Morgan fingerprint density at radius 1 is 1.44 bits per heavy atom. The molecule has 25 heavy (non-hydrogen) atoms. The highest BCUT2D eigenvalue weighted by atomic mass is 32.2. The van der Waals surface area contributed by atoms with Crippen molar-refractivity contribution in [2.45, 2.75) is 19.8 Å². The lowest BCUT2D eigenvalue weighted by Gasteiger charge is -2.13. The van der Waals surface area contributed by atoms with Gasteiger partial charge in [0.05, 0.1) is 18.6 Å². The van der Waals surface area contributed by atoms with Crippen LogP contribution in [-0.4, -0.2) is 46.5 Å². The number of carbonyl (C=O) groups is 2. The molecule has 1 fully saturated rings. The number of nitrogens with zero attached hydrogens (tertiary/aromatic N) is 1. The van der Waals surface area contributed by atoms with Crippen LogP contribution in [0.3, 0.4) is 0 Å². The topological polar surface area (TPSA) is 76.1 Å². The molecule has 0 radical (unpaired) electrons. The molecule has 2 rings (SSSR count). The van der Waals surface area contributed by atoms with Crippen LogP contribution in [-0.2, 0) is 14.3 Å². The third-order valence-electron chi connectivity index (χ3n) is 3.42. The van der Waals surface area contributed by atoms with E-state index in [4.69, 9.17) is 21.7 Å². The number of unbranched alkanes of at least 4 members (excludes halogenated alkanes) is 1. The lowest BCUT2D eigenvalue weighted by Crippen LogP contribution is -2.34. The standard InChI is InChI=1S/C17H19NO5S2/c1-3-4-7-23-15(20)10-18-16(21)14(25-17(18)24)9-11-5-6-13(22-2)12(19)8-11/h5-6,8-9,19H,3-4,7,10H2,1-2H3/b14-9-. The summed E-state index contributed by atoms with van der Waals surface area (Å²) in [7, 11) is 1.46. The summed E-state index contributed by atoms with van der Waals surface area (Å²) in [6.45, 7) is 2.14. The number of amides is 1. The van der Waals surface area contributed by atoms with Gasteiger partial charge in [0.1, 0.15) is 10.9 Å². The number of carbonyl (C=O) groups excluding carboxylic acids is 2. The van der Waals surface area contributed by atoms with Gasteiger partial charge in [-0.3, -0.25) is 14.5 Å². The number of ether oxygens (including phenoxy) is 2. The largest absolute Gasteiger partial charge is 0.504 e. The Morgan fingerprint density at radius 2 is 2.20 bits per heavy atom. The highest BCUT2D eigenvalue weighted by Gasteiger charge is 2.33. The van der Waals surface area contributed by atoms with Crippen molar-refractivity contribution in [2.75, 3.05) is 20.3 Å². The van der Waals surface area contributed by atoms with Crippen molar-refractivity contribution in [3.05, 3.63) is 28.7 Å². The predicted octanol–water partition coefficient (Wildman–Crippen LogP) is 2.95. The first-order valence-electron chi connectivity index (χ1n) is 7.74. The lowest BCUT2D eigenvalue weighted by molar-refractivity contribution is -0.146. The van der Waals surface area contributed by atoms with E-state index < -0.39 is 5.97 Å². The normalized spacial score (nSPS) is 15.8. The predicted molar refractivity (Wildman–Crippen MR) is 100 cm³/mol. The van der Waals surface area contributed by atoms with Crippen molar-refractivity contribution in [3.8, 4) is 11.5 Å². The van der Waals surface area contributed by atoms with Crippen molar-refractivity contribution in [1.82, 2.24) is 4.90 Å². The van der Waals surface area contributed by atoms with E-state index in [1.54, 1.807) is 18.2 Å². The van der Waals surface area contributed by atoms with Crippen LogP contribution >= 0.6 is 24.0 Å². The molecular weight excluding hydrogens is 362 g/mol. The van der Waals surface area contributed by atoms with E-state index in [2.05, 4.69) is 0 Å². The van der Waals surface area contributed by atoms with Gasteiger partial charge >= 0.3 is 5.97 Å². The molecule has 0 atom stereocenters. The minimum Gasteiger partial charge on any atom is -0.504 e. The zero-order chi connectivity index (χ0) is 18.4. The van der Waals surface area contributed by atoms with E-state index in [0.717, 1.165) is 24.6 Å². The third kappa shape index (κ3) is 4.96. The summed E-state index contributed by atoms with van der Waals surface area (Å²) in [5.74, 6) is -0.503. The van der Waals surface area contributed by atoms with Gasteiger partial charge in [0.2, 0.25) is 0 Å². The second-order valence-corrected chi connectivity index (χ2v) is 6.95. The number of aromatic hydroxyl groups is 1. The van der Waals surface area contributed by atoms with Crippen LogP contribution in [0.4, 0.5) is 0 Å². The van der Waals surface area contributed by atoms with E-state index in [-0.39, 0.29) is 18.2 Å². The Bertz CT molecular complexity index is 717. The highest BCUT2D eigenvalue weighted by molar-refractivity contribution is 8.26. The first-order valence-corrected chi connectivity index (χ1v) is 8.96. The van der Waals surface area contributed by atoms with Crippen molar-refractivity contribution in [3.63, 3.8) is 0 Å². The molecule has 0 unspecified atom stereocenters. The summed E-state index contributed by atoms with van der Waals surface area (Å²) in [5, 5.41) is 9.81. The Kier molecular flexibility index (Phi) is 6.83. The van der Waals surface area contributed by atoms with Crippen LogP contribution in [0.5, 0.6) is 11.5 Å². The fraction of sp³-hybridized carbons (Fsp3) is 0.353. The summed E-state index contributed by atoms with van der Waals surface area (Å²) in [4.78, 5) is 25.9. The molecule has 0 aliphatic carbocycles. The number of rotatable bonds is 7. The maximum atomic E-state index is 12.4. The van der Waals surface area contributed by atoms with E-state index in [1.165, 1.54) is 18.1 Å². The molecule has 0 aromatic heterocycles. The minimum atomic E-state index is -0.479. The average Bonchev–Trinajstić information content (AvgIpc) is 2.83. The molecule has 0 spiro atoms. The maximum absolute atomic E-state index is 12.4. The Labute approximate surface area is 155 Å². The quantitative estimate of drug-likeness (QED) is 0.337. The molecule has 1 aromatic carbocycles. The molecule has 0 saturated carbocycles. The molecule has 1 aliphatic heterocycles. The van der Waals surface area contributed by atoms with Crippen LogP contribution in [0.15, 0.2) is 23.1 Å². The zero-order valence-electron chi connectivity index (χ0n) is 14.0. The lowest BCUT2D eigenvalue weighted by atomic mass is 10.2. The van der Waals surface area contributed by atoms with Crippen molar-refractivity contribution < 1.29 is 24.2 Å². The van der Waals surface area contributed by atoms with Gasteiger partial charge < -0.3 is 14.6 Å². The SMILES string of the molecule is CCCCOC(=O)CN1C(=O)/C(=C/c2ccc(OC)c(O)c2)SC1=S. The fourth-order valence-corrected chi connectivity index (χ4v) is 3.34. The number of phenolic OH excluding ortho intramolecular Hbond substituents is 1. The van der Waals surface area contributed by atoms with Gasteiger partial charge in [0.25, 0.3) is 5.91 Å². The number of benzene rings is 1. The zero-order valence-corrected chi connectivity index (χ0v) is 15.6. The van der Waals surface area contributed by atoms with E-state index in [0.29, 0.717) is 27.1 Å². The van der Waals surface area contributed by atoms with Crippen molar-refractivity contribution >= 4 is 46.3 Å². The molecule has 1 N–H and O–H groups in total. The van der Waals surface area contributed by atoms with Gasteiger partial charge in [0.15, 0.2) is 11.5 Å². The molecule has 1 saturated heterocycles. The summed E-state index contributed by atoms with van der Waals surface area (Å²) >= 11 is 6.29. The first kappa shape index (κ1) is 19.3. The number of thiocarbonyl (C=S) groups is 1. The second-order valence-electron chi connectivity index (χ2n) is 5.27. The first-order chi connectivity index (χ1) is 12.0. The molecular formula is C17H19NO5S2. The monoisotopic (exact) mass is 381 g/mol. The maximum Gasteiger partial charge on any atom is 0.326 e. The molecule has 0 bridgehead atoms. The van der Waals surface area contributed by atoms with Gasteiger partial charge in [0, 0.05) is 0 Å². The molecule has 1 heterocycles. The molecule has 134 valence electrons. The number of hydrogen-bond acceptors (Lipinski definition) is 7. The summed E-state index contributed by atoms with van der Waals surface area (Å²) in [6.07, 6.45) is 3.32. The Balaban J connectivity index is 2.07. The number of thioether (sulfide) groups is 1. The smallest absolute Gasteiger partial charge is 0.326 e. The highest BCUT2D eigenvalue weighted by Crippen LogP contribution is 2.34. The number of hydrogen-bond donors (Lipinski definition) is 1. The number of methoxy groups -OCH3 is 1. The van der Waals surface area contributed by atoms with Crippen molar-refractivity contribution in [1.29, 1.82) is 0 Å². The second kappa shape index (κ2) is 8.87. The van der Waals surface area contributed by atoms with Gasteiger partial charge in [-0.25, -0.2) is 0 Å². The van der Waals surface area contributed by atoms with Crippen molar-refractivity contribution in [2.24, 2.45) is 0 Å².